The minimum absolute atomic E-state index is 0.173. The second kappa shape index (κ2) is 8.99. The summed E-state index contributed by atoms with van der Waals surface area (Å²) in [5, 5.41) is 14.9. The lowest BCUT2D eigenvalue weighted by Crippen LogP contribution is -2.48. The first-order chi connectivity index (χ1) is 14.2. The number of carbonyl (C=O) groups is 1. The van der Waals surface area contributed by atoms with E-state index in [1.165, 1.54) is 0 Å². The van der Waals surface area contributed by atoms with Crippen molar-refractivity contribution in [3.05, 3.63) is 58.8 Å². The number of hydrogen-bond acceptors (Lipinski definition) is 7. The lowest BCUT2D eigenvalue weighted by molar-refractivity contribution is -0.133. The predicted octanol–water partition coefficient (Wildman–Crippen LogP) is 2.95. The van der Waals surface area contributed by atoms with Crippen LogP contribution in [0, 0.1) is 11.3 Å². The van der Waals surface area contributed by atoms with E-state index in [9.17, 15) is 4.79 Å². The van der Waals surface area contributed by atoms with Crippen molar-refractivity contribution in [2.24, 2.45) is 0 Å². The van der Waals surface area contributed by atoms with Crippen LogP contribution in [0.1, 0.15) is 23.4 Å². The fourth-order valence-electron chi connectivity index (χ4n) is 3.33. The Labute approximate surface area is 173 Å². The summed E-state index contributed by atoms with van der Waals surface area (Å²) in [6.07, 6.45) is 1.18. The molecule has 0 bridgehead atoms. The fraction of sp³-hybridized carbons (Fsp3) is 0.333. The molecule has 0 spiro atoms. The molecule has 1 aromatic carbocycles. The minimum atomic E-state index is 0.173. The lowest BCUT2D eigenvalue weighted by Gasteiger charge is -2.34. The maximum atomic E-state index is 12.5. The van der Waals surface area contributed by atoms with Crippen LogP contribution in [0.25, 0.3) is 10.7 Å². The maximum Gasteiger partial charge on any atom is 0.241 e. The third kappa shape index (κ3) is 4.88. The Balaban J connectivity index is 1.22. The Hall–Kier alpha value is -3.02. The summed E-state index contributed by atoms with van der Waals surface area (Å²) in [6, 6.07) is 13.5. The third-order valence-electron chi connectivity index (χ3n) is 5.00. The van der Waals surface area contributed by atoms with Crippen LogP contribution in [0.3, 0.4) is 0 Å². The maximum absolute atomic E-state index is 12.5. The van der Waals surface area contributed by atoms with Gasteiger partial charge in [0.2, 0.25) is 17.6 Å². The van der Waals surface area contributed by atoms with Crippen molar-refractivity contribution >= 4 is 17.2 Å². The molecule has 1 amide bonds. The largest absolute Gasteiger partial charge is 0.340 e. The molecular weight excluding hydrogens is 386 g/mol. The number of piperazine rings is 1. The van der Waals surface area contributed by atoms with Gasteiger partial charge in [-0.25, -0.2) is 0 Å². The summed E-state index contributed by atoms with van der Waals surface area (Å²) in [5.41, 5.74) is 1.72. The minimum Gasteiger partial charge on any atom is -0.340 e. The van der Waals surface area contributed by atoms with Gasteiger partial charge in [0, 0.05) is 32.6 Å². The SMILES string of the molecule is N#Cc1ccc(CCC(=O)N2CCN(Cc3nc(-c4cccs4)no3)CC2)cc1. The molecule has 1 aliphatic heterocycles. The normalized spacial score (nSPS) is 14.7. The first kappa shape index (κ1) is 19.3. The van der Waals surface area contributed by atoms with Crippen LogP contribution in [-0.4, -0.2) is 52.0 Å². The van der Waals surface area contributed by atoms with E-state index in [2.05, 4.69) is 21.1 Å². The van der Waals surface area contributed by atoms with Crippen LogP contribution in [-0.2, 0) is 17.8 Å². The summed E-state index contributed by atoms with van der Waals surface area (Å²) >= 11 is 1.59. The van der Waals surface area contributed by atoms with E-state index < -0.39 is 0 Å². The van der Waals surface area contributed by atoms with Gasteiger partial charge in [0.15, 0.2) is 0 Å². The number of carbonyl (C=O) groups excluding carboxylic acids is 1. The van der Waals surface area contributed by atoms with Gasteiger partial charge in [-0.3, -0.25) is 9.69 Å². The number of rotatable bonds is 6. The van der Waals surface area contributed by atoms with Crippen LogP contribution >= 0.6 is 11.3 Å². The Morgan fingerprint density at radius 2 is 1.97 bits per heavy atom. The van der Waals surface area contributed by atoms with E-state index in [0.717, 1.165) is 23.5 Å². The van der Waals surface area contributed by atoms with Gasteiger partial charge in [0.05, 0.1) is 23.1 Å². The van der Waals surface area contributed by atoms with Crippen molar-refractivity contribution in [1.29, 1.82) is 5.26 Å². The molecule has 1 saturated heterocycles. The molecule has 29 heavy (non-hydrogen) atoms. The predicted molar refractivity (Wildman–Crippen MR) is 109 cm³/mol. The standard InChI is InChI=1S/C21H21N5O2S/c22-14-17-5-3-16(4-6-17)7-8-20(27)26-11-9-25(10-12-26)15-19-23-21(24-28-19)18-2-1-13-29-18/h1-6,13H,7-12,15H2. The number of hydrogen-bond donors (Lipinski definition) is 0. The van der Waals surface area contributed by atoms with E-state index in [1.807, 2.05) is 34.5 Å². The number of amides is 1. The smallest absolute Gasteiger partial charge is 0.241 e. The van der Waals surface area contributed by atoms with Crippen LogP contribution in [0.2, 0.25) is 0 Å². The van der Waals surface area contributed by atoms with E-state index in [1.54, 1.807) is 23.5 Å². The lowest BCUT2D eigenvalue weighted by atomic mass is 10.1. The van der Waals surface area contributed by atoms with Gasteiger partial charge in [-0.2, -0.15) is 10.2 Å². The molecule has 1 aliphatic rings. The number of nitrogens with zero attached hydrogens (tertiary/aromatic N) is 5. The topological polar surface area (TPSA) is 86.3 Å². The fourth-order valence-corrected chi connectivity index (χ4v) is 3.98. The van der Waals surface area contributed by atoms with Crippen LogP contribution in [0.5, 0.6) is 0 Å². The van der Waals surface area contributed by atoms with Crippen LogP contribution < -0.4 is 0 Å². The van der Waals surface area contributed by atoms with Crippen molar-refractivity contribution in [2.75, 3.05) is 26.2 Å². The van der Waals surface area contributed by atoms with Gasteiger partial charge >= 0.3 is 0 Å². The van der Waals surface area contributed by atoms with Crippen LogP contribution in [0.4, 0.5) is 0 Å². The average Bonchev–Trinajstić information content (AvgIpc) is 3.45. The average molecular weight is 407 g/mol. The zero-order valence-corrected chi connectivity index (χ0v) is 16.8. The first-order valence-corrected chi connectivity index (χ1v) is 10.4. The van der Waals surface area contributed by atoms with Crippen molar-refractivity contribution in [1.82, 2.24) is 19.9 Å². The highest BCUT2D eigenvalue weighted by Gasteiger charge is 2.22. The molecule has 3 heterocycles. The Morgan fingerprint density at radius 3 is 2.66 bits per heavy atom. The van der Waals surface area contributed by atoms with Crippen molar-refractivity contribution in [2.45, 2.75) is 19.4 Å². The van der Waals surface area contributed by atoms with E-state index >= 15 is 0 Å². The second-order valence-corrected chi connectivity index (χ2v) is 7.90. The molecule has 0 unspecified atom stereocenters. The summed E-state index contributed by atoms with van der Waals surface area (Å²) in [6.45, 7) is 3.60. The zero-order valence-electron chi connectivity index (χ0n) is 16.0. The summed E-state index contributed by atoms with van der Waals surface area (Å²) < 4.78 is 5.37. The molecule has 3 aromatic rings. The van der Waals surface area contributed by atoms with E-state index in [4.69, 9.17) is 9.78 Å². The molecule has 0 aliphatic carbocycles. The Kier molecular flexibility index (Phi) is 5.98. The number of aromatic nitrogens is 2. The van der Waals surface area contributed by atoms with E-state index in [0.29, 0.717) is 49.8 Å². The molecule has 0 radical (unpaired) electrons. The Morgan fingerprint density at radius 1 is 1.17 bits per heavy atom. The molecule has 0 saturated carbocycles. The van der Waals surface area contributed by atoms with Gasteiger partial charge in [-0.15, -0.1) is 11.3 Å². The molecule has 7 nitrogen and oxygen atoms in total. The number of benzene rings is 1. The summed E-state index contributed by atoms with van der Waals surface area (Å²) in [7, 11) is 0. The molecule has 148 valence electrons. The highest BCUT2D eigenvalue weighted by atomic mass is 32.1. The number of aryl methyl sites for hydroxylation is 1. The summed E-state index contributed by atoms with van der Waals surface area (Å²) in [4.78, 5) is 22.1. The molecule has 4 rings (SSSR count). The number of thiophene rings is 1. The quantitative estimate of drug-likeness (QED) is 0.624. The van der Waals surface area contributed by atoms with E-state index in [-0.39, 0.29) is 5.91 Å². The number of nitriles is 1. The van der Waals surface area contributed by atoms with Crippen molar-refractivity contribution < 1.29 is 9.32 Å². The van der Waals surface area contributed by atoms with Gasteiger partial charge in [0.1, 0.15) is 0 Å². The van der Waals surface area contributed by atoms with Gasteiger partial charge in [-0.05, 0) is 35.6 Å². The second-order valence-electron chi connectivity index (χ2n) is 6.95. The van der Waals surface area contributed by atoms with Gasteiger partial charge in [-0.1, -0.05) is 23.4 Å². The van der Waals surface area contributed by atoms with Gasteiger partial charge < -0.3 is 9.42 Å². The summed E-state index contributed by atoms with van der Waals surface area (Å²) in [5.74, 6) is 1.41. The first-order valence-electron chi connectivity index (χ1n) is 9.57. The molecular formula is C21H21N5O2S. The zero-order chi connectivity index (χ0) is 20.1. The van der Waals surface area contributed by atoms with Crippen molar-refractivity contribution in [3.63, 3.8) is 0 Å². The molecule has 2 aromatic heterocycles. The monoisotopic (exact) mass is 407 g/mol. The third-order valence-corrected chi connectivity index (χ3v) is 5.87. The highest BCUT2D eigenvalue weighted by Crippen LogP contribution is 2.21. The molecule has 0 atom stereocenters. The van der Waals surface area contributed by atoms with Crippen molar-refractivity contribution in [3.8, 4) is 16.8 Å². The highest BCUT2D eigenvalue weighted by molar-refractivity contribution is 7.13. The molecule has 0 N–H and O–H groups in total. The van der Waals surface area contributed by atoms with Gasteiger partial charge in [0.25, 0.3) is 0 Å². The van der Waals surface area contributed by atoms with Crippen LogP contribution in [0.15, 0.2) is 46.3 Å². The Bertz CT molecular complexity index is 983. The molecule has 1 fully saturated rings. The molecule has 8 heteroatoms.